The van der Waals surface area contributed by atoms with Crippen molar-refractivity contribution in [3.63, 3.8) is 0 Å². The Morgan fingerprint density at radius 3 is 2.09 bits per heavy atom. The van der Waals surface area contributed by atoms with E-state index in [1.54, 1.807) is 0 Å². The van der Waals surface area contributed by atoms with Crippen LogP contribution in [0.5, 0.6) is 0 Å². The van der Waals surface area contributed by atoms with E-state index in [2.05, 4.69) is 34.6 Å². The van der Waals surface area contributed by atoms with Crippen molar-refractivity contribution in [2.75, 3.05) is 6.61 Å². The van der Waals surface area contributed by atoms with Gasteiger partial charge in [-0.3, -0.25) is 4.79 Å². The summed E-state index contributed by atoms with van der Waals surface area (Å²) in [5.41, 5.74) is 0. The third kappa shape index (κ3) is 12.1. The molecule has 22 heavy (non-hydrogen) atoms. The van der Waals surface area contributed by atoms with Gasteiger partial charge in [0.2, 0.25) is 0 Å². The summed E-state index contributed by atoms with van der Waals surface area (Å²) in [6, 6.07) is 0. The molecule has 0 aromatic heterocycles. The summed E-state index contributed by atoms with van der Waals surface area (Å²) >= 11 is 0. The Balaban J connectivity index is 3.76. The molecule has 0 fully saturated rings. The summed E-state index contributed by atoms with van der Waals surface area (Å²) in [5, 5.41) is 0. The summed E-state index contributed by atoms with van der Waals surface area (Å²) in [7, 11) is 0. The molecule has 0 aromatic carbocycles. The van der Waals surface area contributed by atoms with Gasteiger partial charge in [0.05, 0.1) is 6.61 Å². The second-order valence-electron chi connectivity index (χ2n) is 7.34. The molecule has 2 atom stereocenters. The first-order valence-electron chi connectivity index (χ1n) is 9.66. The lowest BCUT2D eigenvalue weighted by Gasteiger charge is -2.23. The predicted molar refractivity (Wildman–Crippen MR) is 96.0 cm³/mol. The number of carbonyl (C=O) groups excluding carboxylic acids is 1. The Morgan fingerprint density at radius 2 is 1.50 bits per heavy atom. The van der Waals surface area contributed by atoms with Gasteiger partial charge in [0, 0.05) is 6.42 Å². The second-order valence-corrected chi connectivity index (χ2v) is 7.34. The van der Waals surface area contributed by atoms with Gasteiger partial charge in [-0.2, -0.15) is 0 Å². The maximum Gasteiger partial charge on any atom is 0.305 e. The number of carbonyl (C=O) groups is 1. The Morgan fingerprint density at radius 1 is 0.864 bits per heavy atom. The molecular weight excluding hydrogens is 272 g/mol. The lowest BCUT2D eigenvalue weighted by molar-refractivity contribution is -0.145. The number of rotatable bonds is 14. The molecular formula is C20H40O2. The van der Waals surface area contributed by atoms with Gasteiger partial charge in [-0.05, 0) is 30.6 Å². The van der Waals surface area contributed by atoms with Gasteiger partial charge in [0.15, 0.2) is 0 Å². The van der Waals surface area contributed by atoms with Crippen molar-refractivity contribution in [3.8, 4) is 0 Å². The molecule has 2 unspecified atom stereocenters. The van der Waals surface area contributed by atoms with Crippen LogP contribution in [0, 0.1) is 17.8 Å². The van der Waals surface area contributed by atoms with Gasteiger partial charge >= 0.3 is 5.97 Å². The van der Waals surface area contributed by atoms with Gasteiger partial charge in [-0.1, -0.05) is 79.6 Å². The van der Waals surface area contributed by atoms with Gasteiger partial charge in [-0.25, -0.2) is 0 Å². The van der Waals surface area contributed by atoms with Gasteiger partial charge in [-0.15, -0.1) is 0 Å². The van der Waals surface area contributed by atoms with Crippen molar-refractivity contribution in [1.29, 1.82) is 0 Å². The summed E-state index contributed by atoms with van der Waals surface area (Å²) in [6.45, 7) is 11.9. The number of ether oxygens (including phenoxy) is 1. The van der Waals surface area contributed by atoms with Crippen LogP contribution in [0.1, 0.15) is 98.8 Å². The van der Waals surface area contributed by atoms with Crippen LogP contribution in [0.4, 0.5) is 0 Å². The Bertz CT molecular complexity index is 260. The molecule has 0 aliphatic rings. The van der Waals surface area contributed by atoms with Gasteiger partial charge < -0.3 is 4.74 Å². The molecule has 0 spiro atoms. The maximum atomic E-state index is 11.9. The summed E-state index contributed by atoms with van der Waals surface area (Å²) < 4.78 is 5.53. The highest BCUT2D eigenvalue weighted by atomic mass is 16.5. The van der Waals surface area contributed by atoms with Crippen LogP contribution in [0.3, 0.4) is 0 Å². The van der Waals surface area contributed by atoms with Crippen molar-refractivity contribution in [3.05, 3.63) is 0 Å². The lowest BCUT2D eigenvalue weighted by atomic mass is 9.87. The average Bonchev–Trinajstić information content (AvgIpc) is 2.46. The molecule has 0 heterocycles. The van der Waals surface area contributed by atoms with E-state index >= 15 is 0 Å². The molecule has 0 amide bonds. The SMILES string of the molecule is CCCC(C)C(CCC)COC(=O)CCCCCCC(C)C. The molecule has 0 N–H and O–H groups in total. The van der Waals surface area contributed by atoms with E-state index in [9.17, 15) is 4.79 Å². The van der Waals surface area contributed by atoms with Crippen LogP contribution in [0.15, 0.2) is 0 Å². The van der Waals surface area contributed by atoms with Gasteiger partial charge in [0.1, 0.15) is 0 Å². The highest BCUT2D eigenvalue weighted by Crippen LogP contribution is 2.22. The standard InChI is InChI=1S/C20H40O2/c1-6-12-18(5)19(13-7-2)16-22-20(21)15-11-9-8-10-14-17(3)4/h17-19H,6-16H2,1-5H3. The first kappa shape index (κ1) is 21.5. The lowest BCUT2D eigenvalue weighted by Crippen LogP contribution is -2.20. The summed E-state index contributed by atoms with van der Waals surface area (Å²) in [5.74, 6) is 2.01. The molecule has 2 heteroatoms. The van der Waals surface area contributed by atoms with E-state index in [0.29, 0.717) is 24.9 Å². The Labute approximate surface area is 139 Å². The minimum Gasteiger partial charge on any atom is -0.465 e. The molecule has 0 aliphatic heterocycles. The zero-order valence-electron chi connectivity index (χ0n) is 15.8. The molecule has 0 aliphatic carbocycles. The van der Waals surface area contributed by atoms with Crippen LogP contribution in [0.2, 0.25) is 0 Å². The van der Waals surface area contributed by atoms with Crippen LogP contribution in [0.25, 0.3) is 0 Å². The van der Waals surface area contributed by atoms with Crippen LogP contribution >= 0.6 is 0 Å². The van der Waals surface area contributed by atoms with E-state index in [-0.39, 0.29) is 5.97 Å². The highest BCUT2D eigenvalue weighted by molar-refractivity contribution is 5.69. The predicted octanol–water partition coefficient (Wildman–Crippen LogP) is 6.38. The molecule has 132 valence electrons. The van der Waals surface area contributed by atoms with E-state index < -0.39 is 0 Å². The van der Waals surface area contributed by atoms with E-state index in [1.807, 2.05) is 0 Å². The minimum atomic E-state index is 0.00802. The van der Waals surface area contributed by atoms with Crippen LogP contribution in [-0.2, 0) is 9.53 Å². The third-order valence-electron chi connectivity index (χ3n) is 4.58. The smallest absolute Gasteiger partial charge is 0.305 e. The van der Waals surface area contributed by atoms with Crippen molar-refractivity contribution in [2.24, 2.45) is 17.8 Å². The van der Waals surface area contributed by atoms with Crippen molar-refractivity contribution < 1.29 is 9.53 Å². The normalized spacial score (nSPS) is 14.1. The molecule has 0 saturated carbocycles. The fourth-order valence-corrected chi connectivity index (χ4v) is 3.04. The van der Waals surface area contributed by atoms with E-state index in [0.717, 1.165) is 18.8 Å². The summed E-state index contributed by atoms with van der Waals surface area (Å²) in [6.07, 6.45) is 11.4. The topological polar surface area (TPSA) is 26.3 Å². The number of hydrogen-bond donors (Lipinski definition) is 0. The fourth-order valence-electron chi connectivity index (χ4n) is 3.04. The summed E-state index contributed by atoms with van der Waals surface area (Å²) in [4.78, 5) is 11.9. The number of esters is 1. The maximum absolute atomic E-state index is 11.9. The largest absolute Gasteiger partial charge is 0.465 e. The second kappa shape index (κ2) is 14.1. The molecule has 2 nitrogen and oxygen atoms in total. The Hall–Kier alpha value is -0.530. The zero-order valence-corrected chi connectivity index (χ0v) is 15.8. The first-order chi connectivity index (χ1) is 10.5. The molecule has 0 aromatic rings. The third-order valence-corrected chi connectivity index (χ3v) is 4.58. The van der Waals surface area contributed by atoms with Crippen LogP contribution in [-0.4, -0.2) is 12.6 Å². The van der Waals surface area contributed by atoms with Crippen molar-refractivity contribution in [2.45, 2.75) is 98.8 Å². The van der Waals surface area contributed by atoms with Gasteiger partial charge in [0.25, 0.3) is 0 Å². The average molecular weight is 313 g/mol. The first-order valence-corrected chi connectivity index (χ1v) is 9.66. The van der Waals surface area contributed by atoms with E-state index in [1.165, 1.54) is 44.9 Å². The van der Waals surface area contributed by atoms with Crippen molar-refractivity contribution in [1.82, 2.24) is 0 Å². The minimum absolute atomic E-state index is 0.00802. The fraction of sp³-hybridized carbons (Fsp3) is 0.950. The van der Waals surface area contributed by atoms with E-state index in [4.69, 9.17) is 4.74 Å². The highest BCUT2D eigenvalue weighted by Gasteiger charge is 2.17. The molecule has 0 rings (SSSR count). The molecule has 0 bridgehead atoms. The van der Waals surface area contributed by atoms with Crippen molar-refractivity contribution >= 4 is 5.97 Å². The quantitative estimate of drug-likeness (QED) is 0.275. The number of hydrogen-bond acceptors (Lipinski definition) is 2. The monoisotopic (exact) mass is 312 g/mol. The Kier molecular flexibility index (Phi) is 13.7. The number of unbranched alkanes of at least 4 members (excludes halogenated alkanes) is 3. The zero-order chi connectivity index (χ0) is 16.8. The molecule has 0 saturated heterocycles. The van der Waals surface area contributed by atoms with Crippen LogP contribution < -0.4 is 0 Å². The molecule has 0 radical (unpaired) electrons.